The van der Waals surface area contributed by atoms with Gasteiger partial charge in [0.05, 0.1) is 0 Å². The molecule has 0 aromatic carbocycles. The van der Waals surface area contributed by atoms with Crippen molar-refractivity contribution in [2.24, 2.45) is 5.92 Å². The zero-order valence-electron chi connectivity index (χ0n) is 11.9. The smallest absolute Gasteiger partial charge is 0.408 e. The first-order chi connectivity index (χ1) is 8.67. The normalized spacial score (nSPS) is 13.4. The minimum Gasteiger partial charge on any atom is -0.444 e. The Kier molecular flexibility index (Phi) is 5.11. The van der Waals surface area contributed by atoms with Crippen LogP contribution in [0, 0.1) is 10.8 Å². The Morgan fingerprint density at radius 3 is 2.58 bits per heavy atom. The van der Waals surface area contributed by atoms with E-state index in [2.05, 4.69) is 15.5 Å². The second-order valence-corrected chi connectivity index (χ2v) is 6.15. The molecule has 0 aliphatic carbocycles. The number of hydrogen-bond acceptors (Lipinski definition) is 5. The Balaban J connectivity index is 2.76. The van der Waals surface area contributed by atoms with E-state index < -0.39 is 11.7 Å². The molecule has 0 spiro atoms. The minimum atomic E-state index is -0.543. The molecule has 0 aliphatic rings. The fourth-order valence-corrected chi connectivity index (χ4v) is 1.66. The van der Waals surface area contributed by atoms with Gasteiger partial charge in [-0.2, -0.15) is 0 Å². The molecule has 0 saturated heterocycles. The largest absolute Gasteiger partial charge is 0.444 e. The molecule has 0 fully saturated rings. The number of carbonyl (C=O) groups excluding carboxylic acids is 1. The summed E-state index contributed by atoms with van der Waals surface area (Å²) in [5.41, 5.74) is -0.543. The highest BCUT2D eigenvalue weighted by Gasteiger charge is 2.24. The van der Waals surface area contributed by atoms with E-state index in [1.807, 2.05) is 34.6 Å². The SMILES string of the molecule is CC(C)C[C@@H](NC(=O)OC(C)(C)C)c1n[nH]c(=S)o1. The van der Waals surface area contributed by atoms with E-state index in [9.17, 15) is 4.79 Å². The van der Waals surface area contributed by atoms with Crippen LogP contribution < -0.4 is 5.32 Å². The predicted octanol–water partition coefficient (Wildman–Crippen LogP) is 3.34. The van der Waals surface area contributed by atoms with Gasteiger partial charge in [-0.3, -0.25) is 0 Å². The van der Waals surface area contributed by atoms with Crippen molar-refractivity contribution in [2.75, 3.05) is 0 Å². The number of amides is 1. The van der Waals surface area contributed by atoms with Crippen LogP contribution >= 0.6 is 12.2 Å². The molecule has 19 heavy (non-hydrogen) atoms. The zero-order valence-corrected chi connectivity index (χ0v) is 12.8. The van der Waals surface area contributed by atoms with E-state index in [1.165, 1.54) is 0 Å². The van der Waals surface area contributed by atoms with Crippen LogP contribution in [0.25, 0.3) is 0 Å². The lowest BCUT2D eigenvalue weighted by molar-refractivity contribution is 0.0488. The third kappa shape index (κ3) is 5.87. The number of H-pyrrole nitrogens is 1. The van der Waals surface area contributed by atoms with Crippen molar-refractivity contribution in [3.8, 4) is 0 Å². The van der Waals surface area contributed by atoms with E-state index in [-0.39, 0.29) is 10.9 Å². The predicted molar refractivity (Wildman–Crippen MR) is 73.3 cm³/mol. The van der Waals surface area contributed by atoms with Crippen LogP contribution in [0.15, 0.2) is 4.42 Å². The monoisotopic (exact) mass is 287 g/mol. The Morgan fingerprint density at radius 1 is 1.53 bits per heavy atom. The zero-order chi connectivity index (χ0) is 14.6. The Labute approximate surface area is 117 Å². The Morgan fingerprint density at radius 2 is 2.16 bits per heavy atom. The summed E-state index contributed by atoms with van der Waals surface area (Å²) in [5.74, 6) is 0.727. The number of aromatic nitrogens is 2. The molecule has 1 heterocycles. The van der Waals surface area contributed by atoms with E-state index in [1.54, 1.807) is 0 Å². The first-order valence-corrected chi connectivity index (χ1v) is 6.63. The third-order valence-corrected chi connectivity index (χ3v) is 2.33. The number of aromatic amines is 1. The third-order valence-electron chi connectivity index (χ3n) is 2.15. The second-order valence-electron chi connectivity index (χ2n) is 5.78. The molecule has 7 heteroatoms. The fourth-order valence-electron chi connectivity index (χ4n) is 1.53. The average Bonchev–Trinajstić information content (AvgIpc) is 2.60. The van der Waals surface area contributed by atoms with Gasteiger partial charge in [-0.05, 0) is 45.3 Å². The summed E-state index contributed by atoms with van der Waals surface area (Å²) in [6.07, 6.45) is 0.185. The second kappa shape index (κ2) is 6.18. The Hall–Kier alpha value is -1.37. The van der Waals surface area contributed by atoms with Crippen molar-refractivity contribution < 1.29 is 13.9 Å². The molecule has 0 aliphatic heterocycles. The lowest BCUT2D eigenvalue weighted by atomic mass is 10.0. The van der Waals surface area contributed by atoms with Gasteiger partial charge in [0.15, 0.2) is 0 Å². The number of nitrogens with one attached hydrogen (secondary N) is 2. The van der Waals surface area contributed by atoms with Crippen molar-refractivity contribution in [3.63, 3.8) is 0 Å². The van der Waals surface area contributed by atoms with Gasteiger partial charge in [-0.1, -0.05) is 13.8 Å². The van der Waals surface area contributed by atoms with E-state index >= 15 is 0 Å². The first-order valence-electron chi connectivity index (χ1n) is 6.22. The van der Waals surface area contributed by atoms with Crippen molar-refractivity contribution in [3.05, 3.63) is 10.7 Å². The van der Waals surface area contributed by atoms with Gasteiger partial charge in [0.25, 0.3) is 4.84 Å². The van der Waals surface area contributed by atoms with Crippen LogP contribution in [0.2, 0.25) is 0 Å². The summed E-state index contributed by atoms with van der Waals surface area (Å²) in [4.78, 5) is 12.0. The fraction of sp³-hybridized carbons (Fsp3) is 0.750. The first kappa shape index (κ1) is 15.7. The van der Waals surface area contributed by atoms with Gasteiger partial charge in [0.1, 0.15) is 11.6 Å². The molecule has 0 radical (unpaired) electrons. The number of carbonyl (C=O) groups is 1. The van der Waals surface area contributed by atoms with Gasteiger partial charge >= 0.3 is 6.09 Å². The number of nitrogens with zero attached hydrogens (tertiary/aromatic N) is 1. The molecule has 0 unspecified atom stereocenters. The topological polar surface area (TPSA) is 80.1 Å². The maximum Gasteiger partial charge on any atom is 0.408 e. The molecular weight excluding hydrogens is 266 g/mol. The van der Waals surface area contributed by atoms with Gasteiger partial charge < -0.3 is 14.5 Å². The number of alkyl carbamates (subject to hydrolysis) is 1. The van der Waals surface area contributed by atoms with Crippen molar-refractivity contribution in [2.45, 2.75) is 52.7 Å². The summed E-state index contributed by atoms with van der Waals surface area (Å²) >= 11 is 4.84. The Bertz CT molecular complexity index is 473. The van der Waals surface area contributed by atoms with Crippen LogP contribution in [-0.2, 0) is 4.74 Å². The summed E-state index contributed by atoms with van der Waals surface area (Å²) in [6, 6.07) is -0.359. The highest BCUT2D eigenvalue weighted by atomic mass is 32.1. The molecule has 1 atom stereocenters. The minimum absolute atomic E-state index is 0.190. The molecule has 1 rings (SSSR count). The maximum atomic E-state index is 11.8. The van der Waals surface area contributed by atoms with E-state index in [0.717, 1.165) is 0 Å². The molecule has 0 bridgehead atoms. The van der Waals surface area contributed by atoms with Gasteiger partial charge in [0, 0.05) is 0 Å². The number of rotatable bonds is 4. The molecule has 2 N–H and O–H groups in total. The van der Waals surface area contributed by atoms with Crippen molar-refractivity contribution in [1.29, 1.82) is 0 Å². The van der Waals surface area contributed by atoms with E-state index in [4.69, 9.17) is 21.4 Å². The summed E-state index contributed by atoms with van der Waals surface area (Å²) < 4.78 is 10.5. The molecular formula is C12H21N3O3S. The summed E-state index contributed by atoms with van der Waals surface area (Å²) in [6.45, 7) is 9.52. The molecule has 1 aromatic rings. The van der Waals surface area contributed by atoms with Gasteiger partial charge in [-0.15, -0.1) is 5.10 Å². The lowest BCUT2D eigenvalue weighted by Crippen LogP contribution is -2.35. The number of ether oxygens (including phenoxy) is 1. The summed E-state index contributed by atoms with van der Waals surface area (Å²) in [5, 5.41) is 9.25. The van der Waals surface area contributed by atoms with Crippen LogP contribution in [-0.4, -0.2) is 21.9 Å². The number of hydrogen-bond donors (Lipinski definition) is 2. The lowest BCUT2D eigenvalue weighted by Gasteiger charge is -2.22. The highest BCUT2D eigenvalue weighted by Crippen LogP contribution is 2.20. The molecule has 1 amide bonds. The highest BCUT2D eigenvalue weighted by molar-refractivity contribution is 7.71. The van der Waals surface area contributed by atoms with Crippen LogP contribution in [0.4, 0.5) is 4.79 Å². The van der Waals surface area contributed by atoms with Crippen LogP contribution in [0.5, 0.6) is 0 Å². The van der Waals surface area contributed by atoms with E-state index in [0.29, 0.717) is 18.2 Å². The van der Waals surface area contributed by atoms with Gasteiger partial charge in [0.2, 0.25) is 5.89 Å². The van der Waals surface area contributed by atoms with Crippen LogP contribution in [0.1, 0.15) is 53.0 Å². The molecule has 108 valence electrons. The summed E-state index contributed by atoms with van der Waals surface area (Å²) in [7, 11) is 0. The van der Waals surface area contributed by atoms with Crippen molar-refractivity contribution in [1.82, 2.24) is 15.5 Å². The quantitative estimate of drug-likeness (QED) is 0.830. The molecule has 0 saturated carbocycles. The van der Waals surface area contributed by atoms with Crippen LogP contribution in [0.3, 0.4) is 0 Å². The van der Waals surface area contributed by atoms with Gasteiger partial charge in [-0.25, -0.2) is 9.89 Å². The van der Waals surface area contributed by atoms with Crippen molar-refractivity contribution >= 4 is 18.3 Å². The molecule has 6 nitrogen and oxygen atoms in total. The average molecular weight is 287 g/mol. The maximum absolute atomic E-state index is 11.8. The standard InChI is InChI=1S/C12H21N3O3S/c1-7(2)6-8(9-14-15-11(19)17-9)13-10(16)18-12(3,4)5/h7-8H,6H2,1-5H3,(H,13,16)(H,15,19)/t8-/m1/s1. The molecule has 1 aromatic heterocycles.